The van der Waals surface area contributed by atoms with Gasteiger partial charge in [-0.05, 0) is 6.04 Å². The molecule has 0 amide bonds. The van der Waals surface area contributed by atoms with Crippen molar-refractivity contribution in [1.82, 2.24) is 0 Å². The minimum atomic E-state index is 0. The molecule has 0 bridgehead atoms. The quantitative estimate of drug-likeness (QED) is 0.353. The van der Waals surface area contributed by atoms with Crippen molar-refractivity contribution in [3.05, 3.63) is 0 Å². The Morgan fingerprint density at radius 2 is 1.60 bits per heavy atom. The normalized spacial score (nSPS) is 7.20. The van der Waals surface area contributed by atoms with Gasteiger partial charge >= 0.3 is 1.43 Å². The summed E-state index contributed by atoms with van der Waals surface area (Å²) >= 11 is 0. The first kappa shape index (κ1) is 8.98. The Bertz CT molecular complexity index is 15.5. The van der Waals surface area contributed by atoms with E-state index in [1.165, 1.54) is 0 Å². The Kier molecular flexibility index (Phi) is 7.63. The Morgan fingerprint density at radius 1 is 1.60 bits per heavy atom. The Balaban J connectivity index is -0.0000000450. The van der Waals surface area contributed by atoms with Crippen molar-refractivity contribution in [3.63, 3.8) is 0 Å². The minimum absolute atomic E-state index is 0. The number of hydrogen-bond acceptors (Lipinski definition) is 1. The number of rotatable bonds is 0. The van der Waals surface area contributed by atoms with Crippen LogP contribution < -0.4 is 18.1 Å². The maximum atomic E-state index is 5.11. The summed E-state index contributed by atoms with van der Waals surface area (Å²) < 4.78 is 0. The van der Waals surface area contributed by atoms with E-state index >= 15 is 0 Å². The van der Waals surface area contributed by atoms with E-state index in [-0.39, 0.29) is 13.8 Å². The highest BCUT2D eigenvalue weighted by molar-refractivity contribution is 4.32. The van der Waals surface area contributed by atoms with Gasteiger partial charge in [-0.1, -0.05) is 13.8 Å². The second kappa shape index (κ2) is 4.25. The van der Waals surface area contributed by atoms with Crippen molar-refractivity contribution < 1.29 is 13.8 Å². The van der Waals surface area contributed by atoms with E-state index in [1.54, 1.807) is 0 Å². The van der Waals surface area contributed by atoms with Crippen LogP contribution in [0, 0.1) is 0 Å². The minimum Gasteiger partial charge on any atom is -1.00 e. The molecular weight excluding hydrogens is 85.5 g/mol. The lowest BCUT2D eigenvalue weighted by Crippen LogP contribution is -3.00. The molecule has 1 nitrogen and oxygen atoms in total. The molecule has 0 rings (SSSR count). The molecule has 0 saturated carbocycles. The first-order valence-electron chi connectivity index (χ1n) is 1.49. The summed E-state index contributed by atoms with van der Waals surface area (Å²) in [5, 5.41) is 0. The lowest BCUT2D eigenvalue weighted by Gasteiger charge is -1.81. The fourth-order valence-electron chi connectivity index (χ4n) is 0. The third kappa shape index (κ3) is 344. The molecule has 0 aliphatic carbocycles. The van der Waals surface area contributed by atoms with Crippen molar-refractivity contribution >= 4 is 0 Å². The van der Waals surface area contributed by atoms with Gasteiger partial charge in [-0.15, -0.1) is 0 Å². The van der Waals surface area contributed by atoms with Gasteiger partial charge < -0.3 is 18.1 Å². The molecule has 0 spiro atoms. The number of halogens is 1. The Morgan fingerprint density at radius 3 is 1.60 bits per heavy atom. The fraction of sp³-hybridized carbons (Fsp3) is 1.00. The summed E-state index contributed by atoms with van der Waals surface area (Å²) in [7, 11) is 0. The van der Waals surface area contributed by atoms with E-state index in [9.17, 15) is 0 Å². The van der Waals surface area contributed by atoms with Crippen molar-refractivity contribution in [1.29, 1.82) is 0 Å². The SMILES string of the molecule is CC(C)N.[Cl-].[H+]. The van der Waals surface area contributed by atoms with Crippen LogP contribution in [0.2, 0.25) is 0 Å². The van der Waals surface area contributed by atoms with Crippen LogP contribution in [0.15, 0.2) is 0 Å². The third-order valence-electron chi connectivity index (χ3n) is 0. The maximum Gasteiger partial charge on any atom is 1.00 e. The van der Waals surface area contributed by atoms with Crippen LogP contribution in [-0.2, 0) is 0 Å². The van der Waals surface area contributed by atoms with Crippen molar-refractivity contribution in [2.45, 2.75) is 19.9 Å². The average Bonchev–Trinajstić information content (AvgIpc) is 0.811. The molecule has 0 unspecified atom stereocenters. The van der Waals surface area contributed by atoms with Crippen LogP contribution in [0.3, 0.4) is 0 Å². The van der Waals surface area contributed by atoms with E-state index < -0.39 is 0 Å². The van der Waals surface area contributed by atoms with E-state index in [0.717, 1.165) is 0 Å². The zero-order valence-electron chi connectivity index (χ0n) is 4.53. The van der Waals surface area contributed by atoms with E-state index in [0.29, 0.717) is 6.04 Å². The summed E-state index contributed by atoms with van der Waals surface area (Å²) in [5.74, 6) is 0. The van der Waals surface area contributed by atoms with Gasteiger partial charge in [0.25, 0.3) is 0 Å². The first-order valence-corrected chi connectivity index (χ1v) is 1.49. The average molecular weight is 95.6 g/mol. The summed E-state index contributed by atoms with van der Waals surface area (Å²) in [4.78, 5) is 0. The number of hydrogen-bond donors (Lipinski definition) is 1. The molecule has 0 heterocycles. The third-order valence-corrected chi connectivity index (χ3v) is 0. The monoisotopic (exact) mass is 95.1 g/mol. The highest BCUT2D eigenvalue weighted by atomic mass is 35.5. The molecule has 0 atom stereocenters. The van der Waals surface area contributed by atoms with Crippen LogP contribution >= 0.6 is 0 Å². The molecule has 5 heavy (non-hydrogen) atoms. The number of nitrogens with two attached hydrogens (primary N) is 1. The van der Waals surface area contributed by atoms with Crippen LogP contribution in [0.5, 0.6) is 0 Å². The molecular formula is C3H10ClN. The lowest BCUT2D eigenvalue weighted by molar-refractivity contribution is -0.00000128. The fourth-order valence-corrected chi connectivity index (χ4v) is 0. The van der Waals surface area contributed by atoms with Gasteiger partial charge in [0.2, 0.25) is 0 Å². The van der Waals surface area contributed by atoms with Gasteiger partial charge in [-0.25, -0.2) is 0 Å². The topological polar surface area (TPSA) is 26.0 Å². The summed E-state index contributed by atoms with van der Waals surface area (Å²) in [6.45, 7) is 3.89. The molecule has 0 saturated heterocycles. The molecule has 0 aromatic rings. The van der Waals surface area contributed by atoms with Gasteiger partial charge in [0, 0.05) is 0 Å². The van der Waals surface area contributed by atoms with Gasteiger partial charge in [-0.2, -0.15) is 0 Å². The van der Waals surface area contributed by atoms with Crippen LogP contribution in [0.4, 0.5) is 0 Å². The van der Waals surface area contributed by atoms with Crippen LogP contribution in [0.1, 0.15) is 15.3 Å². The summed E-state index contributed by atoms with van der Waals surface area (Å²) in [6.07, 6.45) is 0. The van der Waals surface area contributed by atoms with Crippen LogP contribution in [0.25, 0.3) is 0 Å². The predicted molar refractivity (Wildman–Crippen MR) is 20.4 cm³/mol. The molecule has 34 valence electrons. The maximum absolute atomic E-state index is 5.11. The van der Waals surface area contributed by atoms with Crippen molar-refractivity contribution in [3.8, 4) is 0 Å². The highest BCUT2D eigenvalue weighted by Crippen LogP contribution is 1.58. The zero-order valence-corrected chi connectivity index (χ0v) is 4.29. The van der Waals surface area contributed by atoms with E-state index in [4.69, 9.17) is 5.73 Å². The van der Waals surface area contributed by atoms with Crippen molar-refractivity contribution in [2.24, 2.45) is 5.73 Å². The molecule has 2 N–H and O–H groups in total. The first-order chi connectivity index (χ1) is 1.73. The van der Waals surface area contributed by atoms with E-state index in [2.05, 4.69) is 0 Å². The van der Waals surface area contributed by atoms with E-state index in [1.807, 2.05) is 13.8 Å². The van der Waals surface area contributed by atoms with Crippen molar-refractivity contribution in [2.75, 3.05) is 0 Å². The highest BCUT2D eigenvalue weighted by Gasteiger charge is 1.67. The standard InChI is InChI=1S/C3H9N.ClH/c1-3(2)4;/h3H,4H2,1-2H3;1H. The molecule has 0 aliphatic rings. The summed E-state index contributed by atoms with van der Waals surface area (Å²) in [5.41, 5.74) is 5.11. The molecule has 0 radical (unpaired) electrons. The molecule has 2 heteroatoms. The van der Waals surface area contributed by atoms with Crippen LogP contribution in [-0.4, -0.2) is 6.04 Å². The van der Waals surface area contributed by atoms with Gasteiger partial charge in [0.05, 0.1) is 0 Å². The second-order valence-corrected chi connectivity index (χ2v) is 1.24. The van der Waals surface area contributed by atoms with Gasteiger partial charge in [0.15, 0.2) is 0 Å². The lowest BCUT2D eigenvalue weighted by atomic mass is 10.5. The Hall–Kier alpha value is 0.250. The largest absolute Gasteiger partial charge is 1.00 e. The second-order valence-electron chi connectivity index (χ2n) is 1.24. The molecule has 0 aliphatic heterocycles. The molecule has 0 aromatic carbocycles. The predicted octanol–water partition coefficient (Wildman–Crippen LogP) is -2.53. The van der Waals surface area contributed by atoms with Gasteiger partial charge in [-0.3, -0.25) is 0 Å². The Labute approximate surface area is 40.4 Å². The smallest absolute Gasteiger partial charge is 1.00 e. The molecule has 0 aromatic heterocycles. The van der Waals surface area contributed by atoms with Gasteiger partial charge in [0.1, 0.15) is 0 Å². The zero-order chi connectivity index (χ0) is 3.58. The summed E-state index contributed by atoms with van der Waals surface area (Å²) in [6, 6.07) is 0.333. The molecule has 0 fully saturated rings.